The zero-order valence-corrected chi connectivity index (χ0v) is 10.7. The maximum atomic E-state index is 12.1. The Morgan fingerprint density at radius 2 is 2.15 bits per heavy atom. The Kier molecular flexibility index (Phi) is 5.20. The quantitative estimate of drug-likeness (QED) is 0.715. The van der Waals surface area contributed by atoms with Crippen LogP contribution in [0.1, 0.15) is 17.3 Å². The first-order chi connectivity index (χ1) is 9.27. The molecule has 112 valence electrons. The Bertz CT molecular complexity index is 478. The molecule has 0 aliphatic carbocycles. The number of hydrogen-bond donors (Lipinski definition) is 3. The molecule has 0 spiro atoms. The summed E-state index contributed by atoms with van der Waals surface area (Å²) in [6, 6.07) is 4.47. The van der Waals surface area contributed by atoms with E-state index in [4.69, 9.17) is 15.6 Å². The number of nitrogens with two attached hydrogens (primary N) is 1. The number of aliphatic hydroxyl groups is 1. The van der Waals surface area contributed by atoms with Gasteiger partial charge < -0.3 is 20.9 Å². The summed E-state index contributed by atoms with van der Waals surface area (Å²) in [6.45, 7) is 1.01. The molecule has 0 bridgehead atoms. The molecule has 20 heavy (non-hydrogen) atoms. The van der Waals surface area contributed by atoms with E-state index in [1.807, 2.05) is 5.32 Å². The lowest BCUT2D eigenvalue weighted by atomic mass is 10.1. The van der Waals surface area contributed by atoms with E-state index in [-0.39, 0.29) is 23.6 Å². The summed E-state index contributed by atoms with van der Waals surface area (Å²) in [7, 11) is 0. The number of nitrogens with one attached hydrogen (secondary N) is 1. The van der Waals surface area contributed by atoms with Gasteiger partial charge >= 0.3 is 6.18 Å². The van der Waals surface area contributed by atoms with Gasteiger partial charge in [-0.3, -0.25) is 4.79 Å². The van der Waals surface area contributed by atoms with Crippen molar-refractivity contribution in [3.63, 3.8) is 0 Å². The van der Waals surface area contributed by atoms with Gasteiger partial charge in [0.05, 0.1) is 13.2 Å². The molecule has 0 heterocycles. The number of nitrogen functional groups attached to an aromatic ring is 1. The highest BCUT2D eigenvalue weighted by Crippen LogP contribution is 2.25. The molecule has 1 aromatic carbocycles. The van der Waals surface area contributed by atoms with Crippen LogP contribution in [-0.4, -0.2) is 36.4 Å². The van der Waals surface area contributed by atoms with Crippen LogP contribution in [0, 0.1) is 0 Å². The van der Waals surface area contributed by atoms with Gasteiger partial charge in [-0.25, -0.2) is 0 Å². The molecule has 5 nitrogen and oxygen atoms in total. The van der Waals surface area contributed by atoms with Crippen LogP contribution in [0.4, 0.5) is 18.9 Å². The fourth-order valence-corrected chi connectivity index (χ4v) is 1.46. The highest BCUT2D eigenvalue weighted by molar-refractivity contribution is 6.01. The van der Waals surface area contributed by atoms with Gasteiger partial charge in [0.25, 0.3) is 5.91 Å². The third-order valence-electron chi connectivity index (χ3n) is 2.42. The smallest absolute Gasteiger partial charge is 0.416 e. The van der Waals surface area contributed by atoms with Crippen molar-refractivity contribution in [3.05, 3.63) is 23.8 Å². The Morgan fingerprint density at radius 1 is 1.50 bits per heavy atom. The Balaban J connectivity index is 2.82. The monoisotopic (exact) mass is 292 g/mol. The van der Waals surface area contributed by atoms with Crippen molar-refractivity contribution in [1.82, 2.24) is 5.32 Å². The predicted molar refractivity (Wildman–Crippen MR) is 66.4 cm³/mol. The summed E-state index contributed by atoms with van der Waals surface area (Å²) in [4.78, 5) is 11.8. The molecule has 1 rings (SSSR count). The molecule has 0 fully saturated rings. The van der Waals surface area contributed by atoms with Gasteiger partial charge in [-0.15, -0.1) is 0 Å². The summed E-state index contributed by atoms with van der Waals surface area (Å²) < 4.78 is 41.6. The first-order valence-corrected chi connectivity index (χ1v) is 5.81. The van der Waals surface area contributed by atoms with Crippen molar-refractivity contribution in [2.75, 3.05) is 18.9 Å². The molecule has 0 saturated heterocycles. The number of carbonyl (C=O) groups is 1. The molecule has 0 radical (unpaired) electrons. The van der Waals surface area contributed by atoms with Crippen LogP contribution < -0.4 is 15.8 Å². The third kappa shape index (κ3) is 4.02. The normalized spacial score (nSPS) is 12.8. The van der Waals surface area contributed by atoms with Crippen LogP contribution in [0.15, 0.2) is 18.2 Å². The maximum Gasteiger partial charge on any atom is 0.416 e. The number of carbonyl (C=O) groups excluding carboxylic acids is 1. The number of ether oxygens (including phenoxy) is 1. The van der Waals surface area contributed by atoms with E-state index in [1.165, 1.54) is 12.1 Å². The average Bonchev–Trinajstić information content (AvgIpc) is 2.35. The molecule has 1 amide bonds. The van der Waals surface area contributed by atoms with Crippen molar-refractivity contribution < 1.29 is 27.8 Å². The fraction of sp³-hybridized carbons (Fsp3) is 0.417. The topological polar surface area (TPSA) is 84.6 Å². The van der Waals surface area contributed by atoms with Crippen LogP contribution in [0.25, 0.3) is 0 Å². The Hall–Kier alpha value is -1.96. The summed E-state index contributed by atoms with van der Waals surface area (Å²) >= 11 is 0. The first kappa shape index (κ1) is 16.1. The zero-order valence-electron chi connectivity index (χ0n) is 10.7. The van der Waals surface area contributed by atoms with E-state index in [2.05, 4.69) is 0 Å². The van der Waals surface area contributed by atoms with Crippen molar-refractivity contribution >= 4 is 11.6 Å². The molecule has 0 aliphatic heterocycles. The molecule has 8 heteroatoms. The van der Waals surface area contributed by atoms with Gasteiger partial charge in [-0.05, 0) is 19.1 Å². The van der Waals surface area contributed by atoms with Crippen LogP contribution in [0.5, 0.6) is 5.75 Å². The average molecular weight is 292 g/mol. The second kappa shape index (κ2) is 6.47. The van der Waals surface area contributed by atoms with Gasteiger partial charge in [0.15, 0.2) is 6.10 Å². The van der Waals surface area contributed by atoms with E-state index in [0.29, 0.717) is 0 Å². The van der Waals surface area contributed by atoms with Gasteiger partial charge in [-0.2, -0.15) is 13.2 Å². The molecule has 0 aromatic heterocycles. The number of halogens is 3. The minimum absolute atomic E-state index is 0.0521. The maximum absolute atomic E-state index is 12.1. The van der Waals surface area contributed by atoms with E-state index < -0.39 is 24.7 Å². The van der Waals surface area contributed by atoms with E-state index >= 15 is 0 Å². The number of benzene rings is 1. The number of aliphatic hydroxyl groups excluding tert-OH is 1. The highest BCUT2D eigenvalue weighted by atomic mass is 19.4. The Morgan fingerprint density at radius 3 is 2.70 bits per heavy atom. The number of hydrogen-bond acceptors (Lipinski definition) is 4. The molecule has 0 aliphatic rings. The van der Waals surface area contributed by atoms with Crippen molar-refractivity contribution in [2.24, 2.45) is 0 Å². The third-order valence-corrected chi connectivity index (χ3v) is 2.42. The first-order valence-electron chi connectivity index (χ1n) is 5.81. The van der Waals surface area contributed by atoms with Crippen molar-refractivity contribution in [1.29, 1.82) is 0 Å². The summed E-state index contributed by atoms with van der Waals surface area (Å²) in [6.07, 6.45) is -7.43. The fourth-order valence-electron chi connectivity index (χ4n) is 1.46. The van der Waals surface area contributed by atoms with E-state index in [9.17, 15) is 18.0 Å². The number of alkyl halides is 3. The van der Waals surface area contributed by atoms with Crippen LogP contribution in [-0.2, 0) is 0 Å². The minimum atomic E-state index is -4.79. The van der Waals surface area contributed by atoms with Gasteiger partial charge in [0.2, 0.25) is 0 Å². The SMILES string of the molecule is CCOc1cccc(N)c1C(=O)NCC(O)C(F)(F)F. The highest BCUT2D eigenvalue weighted by Gasteiger charge is 2.38. The second-order valence-corrected chi connectivity index (χ2v) is 3.92. The summed E-state index contributed by atoms with van der Waals surface area (Å²) in [5.74, 6) is -0.665. The summed E-state index contributed by atoms with van der Waals surface area (Å²) in [5, 5.41) is 10.8. The van der Waals surface area contributed by atoms with Crippen LogP contribution >= 0.6 is 0 Å². The number of anilines is 1. The lowest BCUT2D eigenvalue weighted by Crippen LogP contribution is -2.40. The second-order valence-electron chi connectivity index (χ2n) is 3.92. The molecule has 0 saturated carbocycles. The molecular weight excluding hydrogens is 277 g/mol. The van der Waals surface area contributed by atoms with Gasteiger partial charge in [0.1, 0.15) is 11.3 Å². The minimum Gasteiger partial charge on any atom is -0.493 e. The predicted octanol–water partition coefficient (Wildman–Crippen LogP) is 1.32. The Labute approximate surface area is 113 Å². The summed E-state index contributed by atoms with van der Waals surface area (Å²) in [5.41, 5.74) is 5.65. The largest absolute Gasteiger partial charge is 0.493 e. The van der Waals surface area contributed by atoms with Crippen LogP contribution in [0.2, 0.25) is 0 Å². The standard InChI is InChI=1S/C12H15F3N2O3/c1-2-20-8-5-3-4-7(16)10(8)11(19)17-6-9(18)12(13,14)15/h3-5,9,18H,2,6,16H2,1H3,(H,17,19). The van der Waals surface area contributed by atoms with E-state index in [0.717, 1.165) is 0 Å². The van der Waals surface area contributed by atoms with Crippen molar-refractivity contribution in [2.45, 2.75) is 19.2 Å². The molecule has 1 aromatic rings. The zero-order chi connectivity index (χ0) is 15.3. The number of rotatable bonds is 5. The van der Waals surface area contributed by atoms with Gasteiger partial charge in [-0.1, -0.05) is 6.07 Å². The lowest BCUT2D eigenvalue weighted by molar-refractivity contribution is -0.201. The molecule has 1 unspecified atom stereocenters. The molecule has 4 N–H and O–H groups in total. The molecular formula is C12H15F3N2O3. The van der Waals surface area contributed by atoms with Crippen LogP contribution in [0.3, 0.4) is 0 Å². The molecule has 1 atom stereocenters. The number of amides is 1. The van der Waals surface area contributed by atoms with Crippen molar-refractivity contribution in [3.8, 4) is 5.75 Å². The van der Waals surface area contributed by atoms with E-state index in [1.54, 1.807) is 13.0 Å². The lowest BCUT2D eigenvalue weighted by Gasteiger charge is -2.16. The van der Waals surface area contributed by atoms with Gasteiger partial charge in [0, 0.05) is 5.69 Å².